The number of nitro groups is 1. The molecular formula is C23H21N3O9S. The average Bonchev–Trinajstić information content (AvgIpc) is 2.89. The van der Waals surface area contributed by atoms with E-state index in [-0.39, 0.29) is 36.1 Å². The van der Waals surface area contributed by atoms with Crippen molar-refractivity contribution in [1.29, 1.82) is 0 Å². The number of ether oxygens (including phenoxy) is 3. The van der Waals surface area contributed by atoms with Gasteiger partial charge < -0.3 is 24.6 Å². The van der Waals surface area contributed by atoms with E-state index in [4.69, 9.17) is 14.2 Å². The van der Waals surface area contributed by atoms with Crippen LogP contribution >= 0.6 is 11.8 Å². The summed E-state index contributed by atoms with van der Waals surface area (Å²) in [5.74, 6) is -1.19. The van der Waals surface area contributed by atoms with E-state index in [1.807, 2.05) is 0 Å². The highest BCUT2D eigenvalue weighted by Gasteiger charge is 2.54. The number of carbonyl (C=O) groups excluding carboxylic acids is 3. The summed E-state index contributed by atoms with van der Waals surface area (Å²) in [5, 5.41) is 23.0. The summed E-state index contributed by atoms with van der Waals surface area (Å²) >= 11 is 1.19. The Morgan fingerprint density at radius 2 is 1.83 bits per heavy atom. The molecule has 0 saturated carbocycles. The minimum absolute atomic E-state index is 0.0468. The fourth-order valence-corrected chi connectivity index (χ4v) is 4.76. The van der Waals surface area contributed by atoms with E-state index in [9.17, 15) is 29.6 Å². The zero-order valence-electron chi connectivity index (χ0n) is 18.9. The summed E-state index contributed by atoms with van der Waals surface area (Å²) in [5.41, 5.74) is 0.101. The maximum Gasteiger partial charge on any atom is 0.358 e. The van der Waals surface area contributed by atoms with Crippen LogP contribution in [0.25, 0.3) is 0 Å². The molecule has 12 nitrogen and oxygen atoms in total. The second-order valence-electron chi connectivity index (χ2n) is 7.71. The maximum absolute atomic E-state index is 12.7. The number of amides is 2. The van der Waals surface area contributed by atoms with Gasteiger partial charge in [-0.25, -0.2) is 4.79 Å². The van der Waals surface area contributed by atoms with E-state index in [0.29, 0.717) is 17.1 Å². The Balaban J connectivity index is 1.32. The van der Waals surface area contributed by atoms with E-state index < -0.39 is 34.1 Å². The summed E-state index contributed by atoms with van der Waals surface area (Å²) in [4.78, 5) is 49.0. The number of thioether (sulfide) groups is 1. The molecule has 2 atom stereocenters. The standard InChI is InChI=1S/C23H21N3O9S/c1-33-15-6-8-16(9-7-15)34-11-18(28)24-19-21(29)25-20(17(27)12-36-22(19)25)23(30)35-10-13-2-4-14(5-3-13)26(31)32/h2-9,19,22,27H,10-12H2,1H3,(H,24,28)/t19?,22-/m1/s1. The van der Waals surface area contributed by atoms with Crippen LogP contribution in [0.2, 0.25) is 0 Å². The second kappa shape index (κ2) is 10.6. The first-order valence-electron chi connectivity index (χ1n) is 10.6. The van der Waals surface area contributed by atoms with Crippen molar-refractivity contribution >= 4 is 35.2 Å². The Morgan fingerprint density at radius 3 is 2.47 bits per heavy atom. The lowest BCUT2D eigenvalue weighted by Crippen LogP contribution is -2.70. The number of methoxy groups -OCH3 is 1. The number of nitrogens with one attached hydrogen (secondary N) is 1. The summed E-state index contributed by atoms with van der Waals surface area (Å²) in [6.07, 6.45) is 0. The normalized spacial score (nSPS) is 18.6. The molecule has 4 rings (SSSR count). The molecule has 2 aliphatic rings. The molecule has 0 aromatic heterocycles. The highest BCUT2D eigenvalue weighted by molar-refractivity contribution is 8.00. The Kier molecular flexibility index (Phi) is 7.29. The lowest BCUT2D eigenvalue weighted by Gasteiger charge is -2.48. The number of benzene rings is 2. The lowest BCUT2D eigenvalue weighted by molar-refractivity contribution is -0.384. The molecule has 0 radical (unpaired) electrons. The summed E-state index contributed by atoms with van der Waals surface area (Å²) in [7, 11) is 1.53. The third kappa shape index (κ3) is 5.20. The molecule has 0 spiro atoms. The van der Waals surface area contributed by atoms with Gasteiger partial charge in [-0.3, -0.25) is 24.6 Å². The van der Waals surface area contributed by atoms with Crippen LogP contribution in [0, 0.1) is 10.1 Å². The molecule has 2 heterocycles. The number of nitrogens with zero attached hydrogens (tertiary/aromatic N) is 2. The number of carbonyl (C=O) groups is 3. The fraction of sp³-hybridized carbons (Fsp3) is 0.261. The van der Waals surface area contributed by atoms with E-state index in [0.717, 1.165) is 4.90 Å². The smallest absolute Gasteiger partial charge is 0.358 e. The van der Waals surface area contributed by atoms with Gasteiger partial charge >= 0.3 is 5.97 Å². The van der Waals surface area contributed by atoms with Gasteiger partial charge in [0.15, 0.2) is 12.3 Å². The largest absolute Gasteiger partial charge is 0.509 e. The molecule has 1 fully saturated rings. The topological polar surface area (TPSA) is 158 Å². The van der Waals surface area contributed by atoms with Gasteiger partial charge in [-0.1, -0.05) is 0 Å². The molecule has 36 heavy (non-hydrogen) atoms. The second-order valence-corrected chi connectivity index (χ2v) is 8.82. The van der Waals surface area contributed by atoms with Gasteiger partial charge in [-0.2, -0.15) is 0 Å². The quantitative estimate of drug-likeness (QED) is 0.219. The molecular weight excluding hydrogens is 494 g/mol. The summed E-state index contributed by atoms with van der Waals surface area (Å²) in [6, 6.07) is 11.2. The zero-order chi connectivity index (χ0) is 25.8. The van der Waals surface area contributed by atoms with Crippen LogP contribution in [0.15, 0.2) is 60.0 Å². The SMILES string of the molecule is COc1ccc(OCC(=O)NC2C(=O)N3C(C(=O)OCc4ccc([N+](=O)[O-])cc4)=C(O)CS[C@H]23)cc1. The van der Waals surface area contributed by atoms with E-state index in [2.05, 4.69) is 5.32 Å². The van der Waals surface area contributed by atoms with Crippen molar-refractivity contribution in [2.45, 2.75) is 18.0 Å². The third-order valence-corrected chi connectivity index (χ3v) is 6.67. The van der Waals surface area contributed by atoms with Crippen LogP contribution in [0.1, 0.15) is 5.56 Å². The predicted octanol–water partition coefficient (Wildman–Crippen LogP) is 1.90. The number of esters is 1. The number of hydrogen-bond acceptors (Lipinski definition) is 10. The molecule has 1 saturated heterocycles. The summed E-state index contributed by atoms with van der Waals surface area (Å²) < 4.78 is 15.7. The Labute approximate surface area is 209 Å². The van der Waals surface area contributed by atoms with Gasteiger partial charge in [-0.15, -0.1) is 11.8 Å². The zero-order valence-corrected chi connectivity index (χ0v) is 19.7. The number of fused-ring (bicyclic) bond motifs is 1. The van der Waals surface area contributed by atoms with Gasteiger partial charge in [0, 0.05) is 12.1 Å². The van der Waals surface area contributed by atoms with Gasteiger partial charge in [0.25, 0.3) is 17.5 Å². The van der Waals surface area contributed by atoms with Gasteiger partial charge in [0.2, 0.25) is 0 Å². The summed E-state index contributed by atoms with van der Waals surface area (Å²) in [6.45, 7) is -0.533. The molecule has 2 N–H and O–H groups in total. The van der Waals surface area contributed by atoms with Crippen molar-refractivity contribution in [1.82, 2.24) is 10.2 Å². The first-order valence-corrected chi connectivity index (χ1v) is 11.7. The number of rotatable bonds is 9. The van der Waals surface area contributed by atoms with E-state index in [1.54, 1.807) is 24.3 Å². The number of hydrogen-bond donors (Lipinski definition) is 2. The molecule has 0 bridgehead atoms. The molecule has 188 valence electrons. The minimum atomic E-state index is -0.919. The average molecular weight is 516 g/mol. The van der Waals surface area contributed by atoms with Crippen LogP contribution in [-0.4, -0.2) is 63.6 Å². The number of aliphatic hydroxyl groups excluding tert-OH is 1. The minimum Gasteiger partial charge on any atom is -0.509 e. The third-order valence-electron chi connectivity index (χ3n) is 5.40. The first kappa shape index (κ1) is 24.9. The van der Waals surface area contributed by atoms with Crippen molar-refractivity contribution in [3.8, 4) is 11.5 Å². The number of aliphatic hydroxyl groups is 1. The van der Waals surface area contributed by atoms with Crippen molar-refractivity contribution < 1.29 is 38.6 Å². The molecule has 1 unspecified atom stereocenters. The van der Waals surface area contributed by atoms with Crippen molar-refractivity contribution in [2.75, 3.05) is 19.5 Å². The van der Waals surface area contributed by atoms with Crippen molar-refractivity contribution in [2.24, 2.45) is 0 Å². The number of β-lactam (4-membered cyclic amide) rings is 1. The lowest BCUT2D eigenvalue weighted by atomic mass is 10.0. The Hall–Kier alpha value is -4.26. The molecule has 2 aliphatic heterocycles. The van der Waals surface area contributed by atoms with Crippen LogP contribution in [0.3, 0.4) is 0 Å². The highest BCUT2D eigenvalue weighted by Crippen LogP contribution is 2.40. The van der Waals surface area contributed by atoms with Crippen LogP contribution in [0.4, 0.5) is 5.69 Å². The highest BCUT2D eigenvalue weighted by atomic mass is 32.2. The van der Waals surface area contributed by atoms with E-state index >= 15 is 0 Å². The maximum atomic E-state index is 12.7. The molecule has 2 aromatic rings. The molecule has 2 amide bonds. The monoisotopic (exact) mass is 515 g/mol. The van der Waals surface area contributed by atoms with Gasteiger partial charge in [-0.05, 0) is 42.0 Å². The van der Waals surface area contributed by atoms with Crippen molar-refractivity contribution in [3.63, 3.8) is 0 Å². The molecule has 13 heteroatoms. The predicted molar refractivity (Wildman–Crippen MR) is 126 cm³/mol. The number of nitro benzene ring substituents is 1. The first-order chi connectivity index (χ1) is 17.3. The van der Waals surface area contributed by atoms with Crippen molar-refractivity contribution in [3.05, 3.63) is 75.7 Å². The Morgan fingerprint density at radius 1 is 1.17 bits per heavy atom. The Bertz CT molecular complexity index is 1210. The van der Waals surface area contributed by atoms with Crippen LogP contribution in [0.5, 0.6) is 11.5 Å². The van der Waals surface area contributed by atoms with Gasteiger partial charge in [0.05, 0.1) is 17.8 Å². The molecule has 2 aromatic carbocycles. The van der Waals surface area contributed by atoms with Crippen LogP contribution < -0.4 is 14.8 Å². The van der Waals surface area contributed by atoms with E-state index in [1.165, 1.54) is 43.1 Å². The van der Waals surface area contributed by atoms with Gasteiger partial charge in [0.1, 0.15) is 35.3 Å². The molecule has 0 aliphatic carbocycles. The van der Waals surface area contributed by atoms with Crippen LogP contribution in [-0.2, 0) is 25.7 Å². The number of non-ortho nitro benzene ring substituents is 1. The fourth-order valence-electron chi connectivity index (χ4n) is 3.56.